The molecule has 0 N–H and O–H groups in total. The van der Waals surface area contributed by atoms with Crippen molar-refractivity contribution in [2.24, 2.45) is 0 Å². The van der Waals surface area contributed by atoms with Crippen LogP contribution < -0.4 is 23.3 Å². The molecule has 1 aliphatic heterocycles. The van der Waals surface area contributed by atoms with Gasteiger partial charge < -0.3 is 18.9 Å². The summed E-state index contributed by atoms with van der Waals surface area (Å²) in [6, 6.07) is 17.1. The molecule has 0 unspecified atom stereocenters. The van der Waals surface area contributed by atoms with Gasteiger partial charge in [-0.05, 0) is 48.5 Å². The van der Waals surface area contributed by atoms with E-state index in [0.29, 0.717) is 36.1 Å². The molecule has 0 spiro atoms. The highest BCUT2D eigenvalue weighted by atomic mass is 32.2. The summed E-state index contributed by atoms with van der Waals surface area (Å²) >= 11 is 0. The van der Waals surface area contributed by atoms with Crippen molar-refractivity contribution in [3.05, 3.63) is 72.5 Å². The first-order chi connectivity index (χ1) is 15.5. The van der Waals surface area contributed by atoms with Crippen molar-refractivity contribution in [2.75, 3.05) is 37.8 Å². The second-order valence-electron chi connectivity index (χ2n) is 6.86. The fourth-order valence-corrected chi connectivity index (χ4v) is 4.71. The first-order valence-corrected chi connectivity index (χ1v) is 11.4. The Morgan fingerprint density at radius 1 is 0.969 bits per heavy atom. The largest absolute Gasteiger partial charge is 0.497 e. The Labute approximate surface area is 186 Å². The first-order valence-electron chi connectivity index (χ1n) is 9.93. The number of sulfonamides is 1. The predicted octanol–water partition coefficient (Wildman–Crippen LogP) is 3.88. The highest BCUT2D eigenvalue weighted by Crippen LogP contribution is 2.34. The number of methoxy groups -OCH3 is 1. The third-order valence-corrected chi connectivity index (χ3v) is 6.67. The number of fused-ring (bicyclic) bond motifs is 1. The lowest BCUT2D eigenvalue weighted by Crippen LogP contribution is -2.35. The zero-order valence-corrected chi connectivity index (χ0v) is 18.2. The van der Waals surface area contributed by atoms with Gasteiger partial charge in [0.1, 0.15) is 25.6 Å². The zero-order valence-electron chi connectivity index (χ0n) is 17.4. The van der Waals surface area contributed by atoms with Crippen molar-refractivity contribution >= 4 is 15.7 Å². The fourth-order valence-electron chi connectivity index (χ4n) is 3.25. The van der Waals surface area contributed by atoms with Crippen LogP contribution in [-0.4, -0.2) is 41.9 Å². The third kappa shape index (κ3) is 4.57. The average molecular weight is 459 g/mol. The molecule has 1 aliphatic rings. The maximum absolute atomic E-state index is 13.9. The zero-order chi connectivity index (χ0) is 22.6. The van der Waals surface area contributed by atoms with Gasteiger partial charge in [-0.3, -0.25) is 4.31 Å². The Hall–Kier alpha value is -3.46. The summed E-state index contributed by atoms with van der Waals surface area (Å²) in [5.41, 5.74) is 0.415. The van der Waals surface area contributed by atoms with Gasteiger partial charge in [0.05, 0.1) is 24.2 Å². The number of anilines is 1. The van der Waals surface area contributed by atoms with Crippen LogP contribution in [0.5, 0.6) is 23.0 Å². The summed E-state index contributed by atoms with van der Waals surface area (Å²) in [6.45, 7) is 0.647. The van der Waals surface area contributed by atoms with Gasteiger partial charge in [0, 0.05) is 6.07 Å². The molecule has 0 aliphatic carbocycles. The molecular weight excluding hydrogens is 437 g/mol. The molecule has 0 amide bonds. The van der Waals surface area contributed by atoms with E-state index in [0.717, 1.165) is 0 Å². The quantitative estimate of drug-likeness (QED) is 0.509. The van der Waals surface area contributed by atoms with Gasteiger partial charge in [-0.25, -0.2) is 12.8 Å². The molecule has 7 nitrogen and oxygen atoms in total. The minimum Gasteiger partial charge on any atom is -0.497 e. The van der Waals surface area contributed by atoms with Gasteiger partial charge >= 0.3 is 0 Å². The maximum Gasteiger partial charge on any atom is 0.264 e. The summed E-state index contributed by atoms with van der Waals surface area (Å²) in [7, 11) is -2.46. The molecule has 0 radical (unpaired) electrons. The van der Waals surface area contributed by atoms with Crippen LogP contribution >= 0.6 is 0 Å². The number of halogens is 1. The van der Waals surface area contributed by atoms with Crippen LogP contribution in [0.4, 0.5) is 10.1 Å². The van der Waals surface area contributed by atoms with Crippen molar-refractivity contribution in [1.82, 2.24) is 0 Å². The summed E-state index contributed by atoms with van der Waals surface area (Å²) in [6.07, 6.45) is 0. The molecule has 1 heterocycles. The third-order valence-electron chi connectivity index (χ3n) is 4.85. The Balaban J connectivity index is 1.63. The number of rotatable bonds is 8. The minimum atomic E-state index is -3.99. The van der Waals surface area contributed by atoms with Crippen molar-refractivity contribution < 1.29 is 31.8 Å². The molecule has 3 aromatic rings. The Morgan fingerprint density at radius 2 is 1.69 bits per heavy atom. The molecule has 0 bridgehead atoms. The van der Waals surface area contributed by atoms with Crippen LogP contribution in [0.2, 0.25) is 0 Å². The monoisotopic (exact) mass is 459 g/mol. The summed E-state index contributed by atoms with van der Waals surface area (Å²) in [5, 5.41) is 0. The smallest absolute Gasteiger partial charge is 0.264 e. The number of hydrogen-bond donors (Lipinski definition) is 0. The van der Waals surface area contributed by atoms with Gasteiger partial charge in [0.2, 0.25) is 0 Å². The van der Waals surface area contributed by atoms with E-state index in [1.54, 1.807) is 42.5 Å². The van der Waals surface area contributed by atoms with E-state index in [4.69, 9.17) is 18.9 Å². The summed E-state index contributed by atoms with van der Waals surface area (Å²) in [4.78, 5) is 0.0449. The molecule has 0 atom stereocenters. The Bertz CT molecular complexity index is 1180. The number of hydrogen-bond acceptors (Lipinski definition) is 6. The normalized spacial score (nSPS) is 12.8. The minimum absolute atomic E-state index is 0.0442. The molecular formula is C23H22FNO6S. The van der Waals surface area contributed by atoms with Crippen LogP contribution in [0.15, 0.2) is 71.6 Å². The average Bonchev–Trinajstić information content (AvgIpc) is 2.82. The lowest BCUT2D eigenvalue weighted by atomic mass is 10.3. The SMILES string of the molecule is COc1ccc(N(CCOc2ccccc2F)S(=O)(=O)c2ccc3c(c2)OCCO3)cc1. The second kappa shape index (κ2) is 9.35. The first kappa shape index (κ1) is 21.8. The number of para-hydroxylation sites is 1. The van der Waals surface area contributed by atoms with Gasteiger partial charge in [-0.2, -0.15) is 0 Å². The van der Waals surface area contributed by atoms with E-state index < -0.39 is 15.8 Å². The van der Waals surface area contributed by atoms with Crippen molar-refractivity contribution in [3.8, 4) is 23.0 Å². The number of nitrogens with zero attached hydrogens (tertiary/aromatic N) is 1. The van der Waals surface area contributed by atoms with Crippen molar-refractivity contribution in [2.45, 2.75) is 4.90 Å². The van der Waals surface area contributed by atoms with E-state index in [9.17, 15) is 12.8 Å². The summed E-state index contributed by atoms with van der Waals surface area (Å²) < 4.78 is 63.9. The van der Waals surface area contributed by atoms with Crippen LogP contribution in [0.3, 0.4) is 0 Å². The van der Waals surface area contributed by atoms with Crippen LogP contribution in [-0.2, 0) is 10.0 Å². The number of ether oxygens (including phenoxy) is 4. The molecule has 168 valence electrons. The number of benzene rings is 3. The molecule has 3 aromatic carbocycles. The molecule has 0 fully saturated rings. The predicted molar refractivity (Wildman–Crippen MR) is 117 cm³/mol. The van der Waals surface area contributed by atoms with Crippen LogP contribution in [0.25, 0.3) is 0 Å². The van der Waals surface area contributed by atoms with Gasteiger partial charge in [0.15, 0.2) is 23.1 Å². The van der Waals surface area contributed by atoms with E-state index in [2.05, 4.69) is 0 Å². The lowest BCUT2D eigenvalue weighted by molar-refractivity contribution is 0.171. The molecule has 9 heteroatoms. The molecule has 0 saturated heterocycles. The highest BCUT2D eigenvalue weighted by molar-refractivity contribution is 7.92. The second-order valence-corrected chi connectivity index (χ2v) is 8.72. The highest BCUT2D eigenvalue weighted by Gasteiger charge is 2.27. The van der Waals surface area contributed by atoms with E-state index in [1.807, 2.05) is 0 Å². The Morgan fingerprint density at radius 3 is 2.41 bits per heavy atom. The van der Waals surface area contributed by atoms with E-state index >= 15 is 0 Å². The van der Waals surface area contributed by atoms with Gasteiger partial charge in [-0.15, -0.1) is 0 Å². The summed E-state index contributed by atoms with van der Waals surface area (Å²) in [5.74, 6) is 0.994. The van der Waals surface area contributed by atoms with Crippen LogP contribution in [0, 0.1) is 5.82 Å². The molecule has 32 heavy (non-hydrogen) atoms. The standard InChI is InChI=1S/C23H22FNO6S/c1-28-18-8-6-17(7-9-18)25(12-13-29-21-5-3-2-4-20(21)24)32(26,27)19-10-11-22-23(16-19)31-15-14-30-22/h2-11,16H,12-15H2,1H3. The molecule has 4 rings (SSSR count). The van der Waals surface area contributed by atoms with Crippen molar-refractivity contribution in [1.29, 1.82) is 0 Å². The van der Waals surface area contributed by atoms with Gasteiger partial charge in [-0.1, -0.05) is 12.1 Å². The fraction of sp³-hybridized carbons (Fsp3) is 0.217. The van der Waals surface area contributed by atoms with Crippen molar-refractivity contribution in [3.63, 3.8) is 0 Å². The van der Waals surface area contributed by atoms with E-state index in [-0.39, 0.29) is 23.8 Å². The molecule has 0 aromatic heterocycles. The lowest BCUT2D eigenvalue weighted by Gasteiger charge is -2.26. The Kier molecular flexibility index (Phi) is 6.36. The molecule has 0 saturated carbocycles. The topological polar surface area (TPSA) is 74.3 Å². The maximum atomic E-state index is 13.9. The van der Waals surface area contributed by atoms with E-state index in [1.165, 1.54) is 35.7 Å². The van der Waals surface area contributed by atoms with Gasteiger partial charge in [0.25, 0.3) is 10.0 Å². The van der Waals surface area contributed by atoms with Crippen LogP contribution in [0.1, 0.15) is 0 Å².